The molecule has 3 aromatic rings. The molecule has 0 N–H and O–H groups in total. The zero-order valence-electron chi connectivity index (χ0n) is 62.9. The quantitative estimate of drug-likeness (QED) is 0.0169. The number of rotatable bonds is 38. The average Bonchev–Trinajstić information content (AvgIpc) is 0.827. The molecule has 7 rings (SSSR count). The van der Waals surface area contributed by atoms with Crippen molar-refractivity contribution >= 4 is 77.6 Å². The van der Waals surface area contributed by atoms with Gasteiger partial charge in [0.25, 0.3) is 0 Å². The van der Waals surface area contributed by atoms with Gasteiger partial charge in [0.2, 0.25) is 0 Å². The van der Waals surface area contributed by atoms with Crippen LogP contribution in [0.5, 0.6) is 34.5 Å². The van der Waals surface area contributed by atoms with Crippen LogP contribution in [0.3, 0.4) is 0 Å². The van der Waals surface area contributed by atoms with E-state index in [9.17, 15) is 62.3 Å². The number of carbonyl (C=O) groups excluding carboxylic acids is 13. The van der Waals surface area contributed by atoms with E-state index in [0.717, 1.165) is 25.0 Å². The largest absolute Gasteiger partial charge is 0.465 e. The van der Waals surface area contributed by atoms with E-state index in [1.807, 2.05) is 41.5 Å². The molecule has 0 saturated heterocycles. The van der Waals surface area contributed by atoms with Crippen LogP contribution >= 0.6 is 0 Å². The lowest BCUT2D eigenvalue weighted by Crippen LogP contribution is -2.31. The van der Waals surface area contributed by atoms with Gasteiger partial charge >= 0.3 is 77.6 Å². The third kappa shape index (κ3) is 26.9. The lowest BCUT2D eigenvalue weighted by Gasteiger charge is -2.26. The number of esters is 13. The van der Waals surface area contributed by atoms with Crippen molar-refractivity contribution < 1.29 is 124 Å². The van der Waals surface area contributed by atoms with Gasteiger partial charge in [-0.2, -0.15) is 0 Å². The van der Waals surface area contributed by atoms with Crippen LogP contribution in [0.25, 0.3) is 0 Å². The Morgan fingerprint density at radius 1 is 0.315 bits per heavy atom. The van der Waals surface area contributed by atoms with Crippen molar-refractivity contribution in [2.45, 2.75) is 189 Å². The lowest BCUT2D eigenvalue weighted by molar-refractivity contribution is -0.152. The molecule has 0 aromatic heterocycles. The van der Waals surface area contributed by atoms with Crippen LogP contribution in [0.4, 0.5) is 0 Å². The minimum Gasteiger partial charge on any atom is -0.465 e. The van der Waals surface area contributed by atoms with Gasteiger partial charge in [0.05, 0.1) is 93.6 Å². The monoisotopic (exact) mass is 1500 g/mol. The van der Waals surface area contributed by atoms with Crippen molar-refractivity contribution in [3.63, 3.8) is 0 Å². The van der Waals surface area contributed by atoms with Gasteiger partial charge in [-0.15, -0.1) is 0 Å². The Bertz CT molecular complexity index is 3630. The van der Waals surface area contributed by atoms with Crippen LogP contribution in [0.15, 0.2) is 79.9 Å². The highest BCUT2D eigenvalue weighted by molar-refractivity contribution is 5.97. The highest BCUT2D eigenvalue weighted by Crippen LogP contribution is 2.39. The molecule has 108 heavy (non-hydrogen) atoms. The minimum absolute atomic E-state index is 0.00151. The highest BCUT2D eigenvalue weighted by Gasteiger charge is 2.38. The predicted molar refractivity (Wildman–Crippen MR) is 387 cm³/mol. The maximum absolute atomic E-state index is 13.9. The fraction of sp³-hybridized carbons (Fsp3) is 0.573. The van der Waals surface area contributed by atoms with Gasteiger partial charge in [-0.05, 0) is 201 Å². The smallest absolute Gasteiger partial charge is 0.342 e. The minimum atomic E-state index is -0.826. The van der Waals surface area contributed by atoms with E-state index < -0.39 is 113 Å². The van der Waals surface area contributed by atoms with Crippen LogP contribution < -0.4 is 28.4 Å². The first-order valence-corrected chi connectivity index (χ1v) is 38.1. The van der Waals surface area contributed by atoms with E-state index in [4.69, 9.17) is 61.6 Å². The molecule has 0 heterocycles. The maximum Gasteiger partial charge on any atom is 0.342 e. The van der Waals surface area contributed by atoms with Gasteiger partial charge in [0.1, 0.15) is 51.2 Å². The molecule has 4 aliphatic carbocycles. The van der Waals surface area contributed by atoms with E-state index in [-0.39, 0.29) is 178 Å². The van der Waals surface area contributed by atoms with E-state index in [0.29, 0.717) is 83.5 Å². The standard InChI is InChI=1S/C82H104O26/c1-9-50(6)47-100-80(93)64-44-61(34-37-67(64)106-77(90)58-22-18-53(19-23-58)72(85)98-42-16-14-40-96-70(83)12-4)103-74(87)55-26-28-56(29-27-55)75(88)104-62-36-39-69(66(45-62)82(95)102-49-52(8)11-3)108-79(92)60-32-30-57(31-33-60)76(89)105-63-35-38-68(65(46-63)81(94)101-48-51(7)10-2)107-78(91)59-24-20-54(21-25-59)73(86)99-43-17-15-41-97-71(84)13-5/h12-13,34-39,44-46,50-60H,4-5,9-11,14-33,40-43,47-49H2,1-3,6-8H3. The summed E-state index contributed by atoms with van der Waals surface area (Å²) in [5.41, 5.74) is -0.437. The fourth-order valence-corrected chi connectivity index (χ4v) is 12.6. The molecule has 4 aliphatic rings. The summed E-state index contributed by atoms with van der Waals surface area (Å²) in [6.07, 6.45) is 11.0. The van der Waals surface area contributed by atoms with Gasteiger partial charge < -0.3 is 61.6 Å². The first-order valence-electron chi connectivity index (χ1n) is 38.1. The molecule has 4 fully saturated rings. The van der Waals surface area contributed by atoms with E-state index in [1.54, 1.807) is 0 Å². The van der Waals surface area contributed by atoms with E-state index >= 15 is 0 Å². The third-order valence-electron chi connectivity index (χ3n) is 20.4. The number of carbonyl (C=O) groups is 13. The van der Waals surface area contributed by atoms with E-state index in [2.05, 4.69) is 13.2 Å². The second-order valence-corrected chi connectivity index (χ2v) is 28.5. The molecule has 0 spiro atoms. The molecular weight excluding hydrogens is 1400 g/mol. The molecule has 4 saturated carbocycles. The predicted octanol–water partition coefficient (Wildman–Crippen LogP) is 13.5. The van der Waals surface area contributed by atoms with Crippen molar-refractivity contribution in [1.29, 1.82) is 0 Å². The molecule has 0 bridgehead atoms. The SMILES string of the molecule is C=CC(=O)OCCCCOC(=O)C1CCC(C(=O)Oc2ccc(OC(=O)C3CCC(C(=O)Oc4ccc(OC(=O)C5CCC(C(=O)Oc6ccc(OC(=O)C7CCC(C(=O)OCCCCOC(=O)C=C)CC7)c(C(=O)OCC(C)CC)c6)CC5)c(C(=O)OCC(C)CC)c4)CC3)cc2C(=O)OCC(C)CC)CC1. The Balaban J connectivity index is 0.898. The van der Waals surface area contributed by atoms with Crippen LogP contribution in [-0.4, -0.2) is 124 Å². The molecular formula is C82H104O26. The Labute approximate surface area is 630 Å². The molecule has 3 unspecified atom stereocenters. The molecule has 3 atom stereocenters. The van der Waals surface area contributed by atoms with Crippen LogP contribution in [-0.2, 0) is 81.1 Å². The van der Waals surface area contributed by atoms with Crippen molar-refractivity contribution in [2.24, 2.45) is 65.1 Å². The van der Waals surface area contributed by atoms with Gasteiger partial charge in [0, 0.05) is 12.2 Å². The number of benzene rings is 3. The summed E-state index contributed by atoms with van der Waals surface area (Å²) in [4.78, 5) is 171. The van der Waals surface area contributed by atoms with Crippen molar-refractivity contribution in [2.75, 3.05) is 46.2 Å². The molecule has 588 valence electrons. The van der Waals surface area contributed by atoms with Gasteiger partial charge in [0.15, 0.2) is 0 Å². The van der Waals surface area contributed by atoms with Gasteiger partial charge in [-0.1, -0.05) is 74.0 Å². The van der Waals surface area contributed by atoms with E-state index in [1.165, 1.54) is 54.6 Å². The first kappa shape index (κ1) is 85.5. The first-order chi connectivity index (χ1) is 51.9. The van der Waals surface area contributed by atoms with Crippen LogP contribution in [0, 0.1) is 65.1 Å². The zero-order valence-corrected chi connectivity index (χ0v) is 62.9. The summed E-state index contributed by atoms with van der Waals surface area (Å²) in [6.45, 7) is 19.1. The Morgan fingerprint density at radius 2 is 0.528 bits per heavy atom. The topological polar surface area (TPSA) is 342 Å². The van der Waals surface area contributed by atoms with Crippen LogP contribution in [0.1, 0.15) is 220 Å². The molecule has 0 aliphatic heterocycles. The number of unbranched alkanes of at least 4 members (excludes halogenated alkanes) is 2. The molecule has 0 radical (unpaired) electrons. The van der Waals surface area contributed by atoms with Gasteiger partial charge in [-0.25, -0.2) is 24.0 Å². The fourth-order valence-electron chi connectivity index (χ4n) is 12.6. The van der Waals surface area contributed by atoms with Crippen molar-refractivity contribution in [1.82, 2.24) is 0 Å². The summed E-state index contributed by atoms with van der Waals surface area (Å²) in [7, 11) is 0. The van der Waals surface area contributed by atoms with Gasteiger partial charge in [-0.3, -0.25) is 38.4 Å². The van der Waals surface area contributed by atoms with Crippen molar-refractivity contribution in [3.05, 3.63) is 96.6 Å². The summed E-state index contributed by atoms with van der Waals surface area (Å²) in [5, 5.41) is 0. The second kappa shape index (κ2) is 43.9. The summed E-state index contributed by atoms with van der Waals surface area (Å²) in [6, 6.07) is 12.1. The Kier molecular flexibility index (Phi) is 34.8. The van der Waals surface area contributed by atoms with Crippen molar-refractivity contribution in [3.8, 4) is 34.5 Å². The zero-order chi connectivity index (χ0) is 78.2. The Hall–Kier alpha value is -9.75. The molecule has 0 amide bonds. The lowest BCUT2D eigenvalue weighted by atomic mass is 9.82. The number of ether oxygens (including phenoxy) is 13. The van der Waals surface area contributed by atoms with Crippen LogP contribution in [0.2, 0.25) is 0 Å². The average molecular weight is 1510 g/mol. The summed E-state index contributed by atoms with van der Waals surface area (Å²) < 4.78 is 72.5. The number of hydrogen-bond donors (Lipinski definition) is 0. The molecule has 3 aromatic carbocycles. The maximum atomic E-state index is 13.9. The Morgan fingerprint density at radius 3 is 0.750 bits per heavy atom. The normalized spacial score (nSPS) is 20.5. The highest BCUT2D eigenvalue weighted by atomic mass is 16.6. The number of hydrogen-bond acceptors (Lipinski definition) is 26. The summed E-state index contributed by atoms with van der Waals surface area (Å²) >= 11 is 0. The third-order valence-corrected chi connectivity index (χ3v) is 20.4. The molecule has 26 nitrogen and oxygen atoms in total. The second-order valence-electron chi connectivity index (χ2n) is 28.5. The molecule has 26 heteroatoms. The summed E-state index contributed by atoms with van der Waals surface area (Å²) in [5.74, 6) is -12.9.